The molecule has 104 valence electrons. The van der Waals surface area contributed by atoms with E-state index in [0.717, 1.165) is 18.5 Å². The summed E-state index contributed by atoms with van der Waals surface area (Å²) < 4.78 is 0. The van der Waals surface area contributed by atoms with Crippen molar-refractivity contribution in [1.29, 1.82) is 0 Å². The molecule has 3 rings (SSSR count). The molecule has 0 aromatic rings. The molecule has 3 fully saturated rings. The van der Waals surface area contributed by atoms with Gasteiger partial charge in [0.2, 0.25) is 0 Å². The van der Waals surface area contributed by atoms with Gasteiger partial charge in [-0.05, 0) is 64.1 Å². The van der Waals surface area contributed by atoms with E-state index in [9.17, 15) is 0 Å². The number of nitrogens with zero attached hydrogens (tertiary/aromatic N) is 2. The molecule has 1 saturated carbocycles. The molecule has 2 N–H and O–H groups in total. The summed E-state index contributed by atoms with van der Waals surface area (Å²) in [6.07, 6.45) is 8.25. The van der Waals surface area contributed by atoms with E-state index in [1.807, 2.05) is 0 Å². The zero-order valence-corrected chi connectivity index (χ0v) is 11.9. The van der Waals surface area contributed by atoms with Crippen molar-refractivity contribution in [1.82, 2.24) is 9.80 Å². The maximum atomic E-state index is 6.21. The first-order valence-electron chi connectivity index (χ1n) is 7.96. The highest BCUT2D eigenvalue weighted by Crippen LogP contribution is 2.44. The molecule has 18 heavy (non-hydrogen) atoms. The van der Waals surface area contributed by atoms with E-state index in [-0.39, 0.29) is 0 Å². The van der Waals surface area contributed by atoms with Crippen LogP contribution in [0, 0.1) is 5.92 Å². The van der Waals surface area contributed by atoms with E-state index in [1.165, 1.54) is 64.7 Å². The molecule has 0 aromatic carbocycles. The van der Waals surface area contributed by atoms with Gasteiger partial charge in [-0.3, -0.25) is 4.90 Å². The average Bonchev–Trinajstić information content (AvgIpc) is 3.03. The lowest BCUT2D eigenvalue weighted by molar-refractivity contribution is 0.00598. The average molecular weight is 251 g/mol. The summed E-state index contributed by atoms with van der Waals surface area (Å²) in [7, 11) is 0. The number of hydrogen-bond donors (Lipinski definition) is 1. The Bertz CT molecular complexity index is 283. The Morgan fingerprint density at radius 2 is 2.00 bits per heavy atom. The lowest BCUT2D eigenvalue weighted by Crippen LogP contribution is -2.61. The molecular formula is C15H29N3. The minimum absolute atomic E-state index is 0.351. The maximum Gasteiger partial charge on any atom is 0.0359 e. The van der Waals surface area contributed by atoms with E-state index in [2.05, 4.69) is 16.7 Å². The van der Waals surface area contributed by atoms with Crippen LogP contribution in [0.15, 0.2) is 0 Å². The lowest BCUT2D eigenvalue weighted by Gasteiger charge is -2.50. The third-order valence-electron chi connectivity index (χ3n) is 5.73. The SMILES string of the molecule is CCCN1CCC(CN)(N2CC3CCC2C3)CC1. The molecule has 2 aliphatic heterocycles. The van der Waals surface area contributed by atoms with Gasteiger partial charge in [-0.15, -0.1) is 0 Å². The highest BCUT2D eigenvalue weighted by molar-refractivity contribution is 5.04. The van der Waals surface area contributed by atoms with Crippen LogP contribution < -0.4 is 5.73 Å². The Hall–Kier alpha value is -0.120. The van der Waals surface area contributed by atoms with Gasteiger partial charge >= 0.3 is 0 Å². The predicted octanol–water partition coefficient (Wildman–Crippen LogP) is 1.67. The van der Waals surface area contributed by atoms with Crippen LogP contribution in [0.25, 0.3) is 0 Å². The maximum absolute atomic E-state index is 6.21. The van der Waals surface area contributed by atoms with Crippen LogP contribution in [0.1, 0.15) is 45.4 Å². The van der Waals surface area contributed by atoms with Crippen molar-refractivity contribution in [3.8, 4) is 0 Å². The summed E-state index contributed by atoms with van der Waals surface area (Å²) in [5, 5.41) is 0. The fraction of sp³-hybridized carbons (Fsp3) is 1.00. The summed E-state index contributed by atoms with van der Waals surface area (Å²) in [5.74, 6) is 0.993. The molecule has 1 aliphatic carbocycles. The normalized spacial score (nSPS) is 36.3. The number of likely N-dealkylation sites (tertiary alicyclic amines) is 2. The minimum atomic E-state index is 0.351. The van der Waals surface area contributed by atoms with Gasteiger partial charge < -0.3 is 10.6 Å². The molecule has 0 spiro atoms. The van der Waals surface area contributed by atoms with Gasteiger partial charge in [0.05, 0.1) is 0 Å². The fourth-order valence-electron chi connectivity index (χ4n) is 4.62. The number of piperidine rings is 2. The van der Waals surface area contributed by atoms with Crippen molar-refractivity contribution >= 4 is 0 Å². The number of rotatable bonds is 4. The summed E-state index contributed by atoms with van der Waals surface area (Å²) >= 11 is 0. The second kappa shape index (κ2) is 5.10. The highest BCUT2D eigenvalue weighted by atomic mass is 15.3. The topological polar surface area (TPSA) is 32.5 Å². The van der Waals surface area contributed by atoms with Gasteiger partial charge in [-0.25, -0.2) is 0 Å². The van der Waals surface area contributed by atoms with Gasteiger partial charge in [0.25, 0.3) is 0 Å². The predicted molar refractivity (Wildman–Crippen MR) is 75.6 cm³/mol. The van der Waals surface area contributed by atoms with Crippen molar-refractivity contribution in [2.45, 2.75) is 57.0 Å². The first-order valence-corrected chi connectivity index (χ1v) is 7.96. The molecule has 0 amide bonds. The van der Waals surface area contributed by atoms with E-state index in [1.54, 1.807) is 0 Å². The second-order valence-electron chi connectivity index (χ2n) is 6.76. The van der Waals surface area contributed by atoms with Crippen LogP contribution >= 0.6 is 0 Å². The van der Waals surface area contributed by atoms with Gasteiger partial charge in [0.15, 0.2) is 0 Å². The molecule has 2 atom stereocenters. The smallest absolute Gasteiger partial charge is 0.0359 e. The molecule has 0 aromatic heterocycles. The van der Waals surface area contributed by atoms with Crippen LogP contribution in [0.3, 0.4) is 0 Å². The van der Waals surface area contributed by atoms with Gasteiger partial charge in [-0.1, -0.05) is 6.92 Å². The van der Waals surface area contributed by atoms with E-state index in [4.69, 9.17) is 5.73 Å². The molecule has 2 saturated heterocycles. The first kappa shape index (κ1) is 12.9. The van der Waals surface area contributed by atoms with Crippen LogP contribution in [0.5, 0.6) is 0 Å². The van der Waals surface area contributed by atoms with E-state index >= 15 is 0 Å². The van der Waals surface area contributed by atoms with E-state index < -0.39 is 0 Å². The quantitative estimate of drug-likeness (QED) is 0.825. The molecule has 0 radical (unpaired) electrons. The molecule has 3 aliphatic rings. The molecule has 2 bridgehead atoms. The Labute approximate surface area is 112 Å². The zero-order valence-electron chi connectivity index (χ0n) is 11.9. The largest absolute Gasteiger partial charge is 0.329 e. The Morgan fingerprint density at radius 1 is 1.22 bits per heavy atom. The third kappa shape index (κ3) is 2.10. The number of nitrogens with two attached hydrogens (primary N) is 1. The van der Waals surface area contributed by atoms with Gasteiger partial charge in [0.1, 0.15) is 0 Å². The van der Waals surface area contributed by atoms with E-state index in [0.29, 0.717) is 5.54 Å². The molecule has 3 heteroatoms. The van der Waals surface area contributed by atoms with Gasteiger partial charge in [0, 0.05) is 24.7 Å². The Balaban J connectivity index is 1.65. The zero-order chi connectivity index (χ0) is 12.6. The van der Waals surface area contributed by atoms with Crippen LogP contribution in [0.4, 0.5) is 0 Å². The monoisotopic (exact) mass is 251 g/mol. The van der Waals surface area contributed by atoms with Crippen LogP contribution in [-0.4, -0.2) is 54.1 Å². The fourth-order valence-corrected chi connectivity index (χ4v) is 4.62. The van der Waals surface area contributed by atoms with Crippen molar-refractivity contribution in [3.63, 3.8) is 0 Å². The number of fused-ring (bicyclic) bond motifs is 2. The summed E-state index contributed by atoms with van der Waals surface area (Å²) in [4.78, 5) is 5.45. The third-order valence-corrected chi connectivity index (χ3v) is 5.73. The summed E-state index contributed by atoms with van der Waals surface area (Å²) in [6, 6.07) is 0.872. The van der Waals surface area contributed by atoms with Crippen molar-refractivity contribution in [2.75, 3.05) is 32.7 Å². The first-order chi connectivity index (χ1) is 8.77. The molecular weight excluding hydrogens is 222 g/mol. The highest BCUT2D eigenvalue weighted by Gasteiger charge is 2.48. The van der Waals surface area contributed by atoms with Crippen LogP contribution in [0.2, 0.25) is 0 Å². The van der Waals surface area contributed by atoms with Crippen LogP contribution in [-0.2, 0) is 0 Å². The molecule has 2 heterocycles. The van der Waals surface area contributed by atoms with Crippen molar-refractivity contribution < 1.29 is 0 Å². The van der Waals surface area contributed by atoms with Crippen molar-refractivity contribution in [3.05, 3.63) is 0 Å². The standard InChI is InChI=1S/C15H29N3/c1-2-7-17-8-5-15(12-16,6-9-17)18-11-13-3-4-14(18)10-13/h13-14H,2-12,16H2,1H3. The summed E-state index contributed by atoms with van der Waals surface area (Å²) in [5.41, 5.74) is 6.56. The van der Waals surface area contributed by atoms with Crippen molar-refractivity contribution in [2.24, 2.45) is 11.7 Å². The second-order valence-corrected chi connectivity index (χ2v) is 6.76. The number of hydrogen-bond acceptors (Lipinski definition) is 3. The lowest BCUT2D eigenvalue weighted by atomic mass is 9.84. The Morgan fingerprint density at radius 3 is 2.50 bits per heavy atom. The molecule has 3 nitrogen and oxygen atoms in total. The minimum Gasteiger partial charge on any atom is -0.329 e. The summed E-state index contributed by atoms with van der Waals surface area (Å²) in [6.45, 7) is 8.29. The molecule has 2 unspecified atom stereocenters. The van der Waals surface area contributed by atoms with Gasteiger partial charge in [-0.2, -0.15) is 0 Å². The Kier molecular flexibility index (Phi) is 3.65.